The van der Waals surface area contributed by atoms with Crippen LogP contribution in [0.2, 0.25) is 0 Å². The van der Waals surface area contributed by atoms with E-state index in [9.17, 15) is 17.6 Å². The third-order valence-corrected chi connectivity index (χ3v) is 7.05. The summed E-state index contributed by atoms with van der Waals surface area (Å²) in [5.41, 5.74) is 0.867. The van der Waals surface area contributed by atoms with Crippen molar-refractivity contribution in [1.29, 1.82) is 0 Å². The van der Waals surface area contributed by atoms with Crippen molar-refractivity contribution in [2.24, 2.45) is 0 Å². The molecular weight excluding hydrogens is 421 g/mol. The Kier molecular flexibility index (Phi) is 5.84. The van der Waals surface area contributed by atoms with Crippen LogP contribution >= 0.6 is 0 Å². The number of hydrogen-bond acceptors (Lipinski definition) is 5. The van der Waals surface area contributed by atoms with Crippen LogP contribution in [0.3, 0.4) is 0 Å². The van der Waals surface area contributed by atoms with Crippen molar-refractivity contribution in [3.8, 4) is 11.4 Å². The Morgan fingerprint density at radius 2 is 1.65 bits per heavy atom. The van der Waals surface area contributed by atoms with Crippen LogP contribution in [-0.2, 0) is 21.4 Å². The van der Waals surface area contributed by atoms with E-state index in [-0.39, 0.29) is 43.5 Å². The number of sulfonamides is 1. The van der Waals surface area contributed by atoms with Crippen LogP contribution in [-0.4, -0.2) is 64.5 Å². The fraction of sp³-hybridized carbons (Fsp3) is 0.286. The van der Waals surface area contributed by atoms with Crippen molar-refractivity contribution >= 4 is 15.9 Å². The third-order valence-electron chi connectivity index (χ3n) is 5.14. The molecule has 31 heavy (non-hydrogen) atoms. The molecule has 2 aromatic carbocycles. The van der Waals surface area contributed by atoms with Gasteiger partial charge in [-0.1, -0.05) is 30.3 Å². The van der Waals surface area contributed by atoms with Gasteiger partial charge in [0.25, 0.3) is 0 Å². The van der Waals surface area contributed by atoms with Gasteiger partial charge < -0.3 is 4.90 Å². The minimum absolute atomic E-state index is 0.0236. The van der Waals surface area contributed by atoms with E-state index in [0.29, 0.717) is 11.6 Å². The Morgan fingerprint density at radius 1 is 1.00 bits per heavy atom. The van der Waals surface area contributed by atoms with Crippen molar-refractivity contribution in [1.82, 2.24) is 24.0 Å². The lowest BCUT2D eigenvalue weighted by Crippen LogP contribution is -2.51. The van der Waals surface area contributed by atoms with Gasteiger partial charge in [-0.05, 0) is 31.2 Å². The first-order valence-corrected chi connectivity index (χ1v) is 11.3. The molecule has 1 saturated heterocycles. The van der Waals surface area contributed by atoms with Gasteiger partial charge in [0, 0.05) is 31.7 Å². The third kappa shape index (κ3) is 4.49. The molecule has 10 heteroatoms. The molecule has 4 rings (SSSR count). The molecule has 1 aliphatic heterocycles. The zero-order valence-electron chi connectivity index (χ0n) is 17.0. The number of carbonyl (C=O) groups excluding carboxylic acids is 1. The van der Waals surface area contributed by atoms with Crippen molar-refractivity contribution in [3.63, 3.8) is 0 Å². The summed E-state index contributed by atoms with van der Waals surface area (Å²) < 4.78 is 41.5. The lowest BCUT2D eigenvalue weighted by Gasteiger charge is -2.34. The average Bonchev–Trinajstić information content (AvgIpc) is 3.14. The lowest BCUT2D eigenvalue weighted by atomic mass is 10.2. The molecule has 0 saturated carbocycles. The predicted molar refractivity (Wildman–Crippen MR) is 112 cm³/mol. The summed E-state index contributed by atoms with van der Waals surface area (Å²) in [5, 5.41) is 4.34. The summed E-state index contributed by atoms with van der Waals surface area (Å²) in [6, 6.07) is 14.3. The van der Waals surface area contributed by atoms with Crippen LogP contribution in [0.5, 0.6) is 0 Å². The van der Waals surface area contributed by atoms with Gasteiger partial charge in [-0.15, -0.1) is 0 Å². The summed E-state index contributed by atoms with van der Waals surface area (Å²) in [6.45, 7) is 2.68. The Bertz CT molecular complexity index is 1170. The maximum absolute atomic E-state index is 13.1. The molecule has 1 amide bonds. The summed E-state index contributed by atoms with van der Waals surface area (Å²) >= 11 is 0. The molecule has 0 spiro atoms. The van der Waals surface area contributed by atoms with Crippen LogP contribution in [0.1, 0.15) is 5.82 Å². The van der Waals surface area contributed by atoms with Crippen LogP contribution < -0.4 is 0 Å². The smallest absolute Gasteiger partial charge is 0.244 e. The SMILES string of the molecule is Cc1nc(-c2ccccc2)n(CC(=O)N2CCN(S(=O)(=O)c3ccc(F)cc3)CC2)n1. The number of halogens is 1. The monoisotopic (exact) mass is 443 g/mol. The van der Waals surface area contributed by atoms with Gasteiger partial charge >= 0.3 is 0 Å². The molecule has 0 unspecified atom stereocenters. The Labute approximate surface area is 180 Å². The topological polar surface area (TPSA) is 88.4 Å². The van der Waals surface area contributed by atoms with Gasteiger partial charge in [0.15, 0.2) is 5.82 Å². The summed E-state index contributed by atoms with van der Waals surface area (Å²) in [4.78, 5) is 19.0. The van der Waals surface area contributed by atoms with Gasteiger partial charge in [0.05, 0.1) is 4.90 Å². The molecule has 1 aromatic heterocycles. The molecule has 0 atom stereocenters. The molecule has 1 fully saturated rings. The van der Waals surface area contributed by atoms with Crippen molar-refractivity contribution in [2.75, 3.05) is 26.2 Å². The largest absolute Gasteiger partial charge is 0.338 e. The highest BCUT2D eigenvalue weighted by Crippen LogP contribution is 2.20. The number of rotatable bonds is 5. The van der Waals surface area contributed by atoms with E-state index >= 15 is 0 Å². The molecule has 8 nitrogen and oxygen atoms in total. The van der Waals surface area contributed by atoms with E-state index in [2.05, 4.69) is 10.1 Å². The minimum Gasteiger partial charge on any atom is -0.338 e. The lowest BCUT2D eigenvalue weighted by molar-refractivity contribution is -0.133. The van der Waals surface area contributed by atoms with Crippen molar-refractivity contribution < 1.29 is 17.6 Å². The second-order valence-corrected chi connectivity index (χ2v) is 9.18. The number of hydrogen-bond donors (Lipinski definition) is 0. The molecular formula is C21H22FN5O3S. The Hall–Kier alpha value is -3.11. The molecule has 0 radical (unpaired) electrons. The number of piperazine rings is 1. The highest BCUT2D eigenvalue weighted by atomic mass is 32.2. The first kappa shape index (κ1) is 21.1. The first-order valence-electron chi connectivity index (χ1n) is 9.85. The van der Waals surface area contributed by atoms with Gasteiger partial charge in [-0.2, -0.15) is 9.40 Å². The quantitative estimate of drug-likeness (QED) is 0.601. The second kappa shape index (κ2) is 8.56. The fourth-order valence-corrected chi connectivity index (χ4v) is 4.95. The molecule has 162 valence electrons. The van der Waals surface area contributed by atoms with E-state index in [0.717, 1.165) is 17.7 Å². The average molecular weight is 444 g/mol. The highest BCUT2D eigenvalue weighted by Gasteiger charge is 2.30. The molecule has 1 aliphatic rings. The molecule has 0 bridgehead atoms. The zero-order valence-corrected chi connectivity index (χ0v) is 17.8. The normalized spacial score (nSPS) is 15.2. The minimum atomic E-state index is -3.73. The van der Waals surface area contributed by atoms with Gasteiger partial charge in [-0.3, -0.25) is 4.79 Å². The Balaban J connectivity index is 1.42. The standard InChI is InChI=1S/C21H22FN5O3S/c1-16-23-21(17-5-3-2-4-6-17)27(24-16)15-20(28)25-11-13-26(14-12-25)31(29,30)19-9-7-18(22)8-10-19/h2-10H,11-15H2,1H3. The molecule has 3 aromatic rings. The number of amides is 1. The first-order chi connectivity index (χ1) is 14.8. The van der Waals surface area contributed by atoms with Crippen LogP contribution in [0.15, 0.2) is 59.5 Å². The van der Waals surface area contributed by atoms with Gasteiger partial charge in [0.1, 0.15) is 18.2 Å². The maximum Gasteiger partial charge on any atom is 0.244 e. The maximum atomic E-state index is 13.1. The highest BCUT2D eigenvalue weighted by molar-refractivity contribution is 7.89. The summed E-state index contributed by atoms with van der Waals surface area (Å²) in [6.07, 6.45) is 0. The van der Waals surface area contributed by atoms with Crippen LogP contribution in [0.4, 0.5) is 4.39 Å². The fourth-order valence-electron chi connectivity index (χ4n) is 3.53. The Morgan fingerprint density at radius 3 is 2.29 bits per heavy atom. The molecule has 2 heterocycles. The van der Waals surface area contributed by atoms with E-state index in [1.807, 2.05) is 30.3 Å². The number of nitrogens with zero attached hydrogens (tertiary/aromatic N) is 5. The molecule has 0 N–H and O–H groups in total. The van der Waals surface area contributed by atoms with E-state index in [1.165, 1.54) is 16.4 Å². The second-order valence-electron chi connectivity index (χ2n) is 7.25. The number of aromatic nitrogens is 3. The van der Waals surface area contributed by atoms with Crippen LogP contribution in [0.25, 0.3) is 11.4 Å². The van der Waals surface area contributed by atoms with Gasteiger partial charge in [-0.25, -0.2) is 22.5 Å². The van der Waals surface area contributed by atoms with Crippen molar-refractivity contribution in [3.05, 3.63) is 66.2 Å². The summed E-state index contributed by atoms with van der Waals surface area (Å²) in [7, 11) is -3.73. The summed E-state index contributed by atoms with van der Waals surface area (Å²) in [5.74, 6) is 0.541. The predicted octanol–water partition coefficient (Wildman–Crippen LogP) is 1.93. The molecule has 0 aliphatic carbocycles. The number of aryl methyl sites for hydroxylation is 1. The number of benzene rings is 2. The van der Waals surface area contributed by atoms with E-state index < -0.39 is 15.8 Å². The number of carbonyl (C=O) groups is 1. The van der Waals surface area contributed by atoms with E-state index in [4.69, 9.17) is 0 Å². The van der Waals surface area contributed by atoms with Crippen molar-refractivity contribution in [2.45, 2.75) is 18.4 Å². The van der Waals surface area contributed by atoms with E-state index in [1.54, 1.807) is 16.5 Å². The zero-order chi connectivity index (χ0) is 22.0. The van der Waals surface area contributed by atoms with Gasteiger partial charge in [0.2, 0.25) is 15.9 Å². The van der Waals surface area contributed by atoms with Crippen LogP contribution in [0, 0.1) is 12.7 Å².